The Labute approximate surface area is 115 Å². The van der Waals surface area contributed by atoms with Gasteiger partial charge in [-0.25, -0.2) is 9.48 Å². The summed E-state index contributed by atoms with van der Waals surface area (Å²) < 4.78 is 1.62. The number of nitrogens with zero attached hydrogens (tertiary/aromatic N) is 3. The predicted octanol–water partition coefficient (Wildman–Crippen LogP) is 2.82. The van der Waals surface area contributed by atoms with Crippen LogP contribution in [-0.2, 0) is 6.54 Å². The maximum absolute atomic E-state index is 11.3. The normalized spacial score (nSPS) is 10.8. The van der Waals surface area contributed by atoms with E-state index < -0.39 is 5.97 Å². The molecule has 0 spiro atoms. The zero-order valence-corrected chi connectivity index (χ0v) is 10.9. The standard InChI is InChI=1S/C15H13N3O2/c1-2-18-14(13(15(19)20)16-17-18)12-9-5-7-10-6-3-4-8-11(10)12/h3-9H,2H2,1H3,(H,19,20). The summed E-state index contributed by atoms with van der Waals surface area (Å²) >= 11 is 0. The van der Waals surface area contributed by atoms with Gasteiger partial charge in [0.2, 0.25) is 0 Å². The molecule has 0 saturated carbocycles. The van der Waals surface area contributed by atoms with Crippen LogP contribution in [0.2, 0.25) is 0 Å². The van der Waals surface area contributed by atoms with Crippen molar-refractivity contribution in [2.75, 3.05) is 0 Å². The number of carboxylic acids is 1. The summed E-state index contributed by atoms with van der Waals surface area (Å²) in [5.74, 6) is -1.06. The minimum Gasteiger partial charge on any atom is -0.476 e. The average Bonchev–Trinajstić information content (AvgIpc) is 2.90. The second kappa shape index (κ2) is 4.77. The van der Waals surface area contributed by atoms with Gasteiger partial charge in [0.05, 0.1) is 0 Å². The Morgan fingerprint density at radius 2 is 1.95 bits per heavy atom. The van der Waals surface area contributed by atoms with Gasteiger partial charge in [-0.3, -0.25) is 0 Å². The molecule has 20 heavy (non-hydrogen) atoms. The number of aryl methyl sites for hydroxylation is 1. The third kappa shape index (κ3) is 1.84. The molecule has 0 saturated heterocycles. The fourth-order valence-electron chi connectivity index (χ4n) is 2.38. The van der Waals surface area contributed by atoms with E-state index in [2.05, 4.69) is 10.3 Å². The molecule has 0 unspecified atom stereocenters. The van der Waals surface area contributed by atoms with E-state index in [0.717, 1.165) is 16.3 Å². The zero-order chi connectivity index (χ0) is 14.1. The number of carbonyl (C=O) groups is 1. The second-order valence-electron chi connectivity index (χ2n) is 4.43. The molecule has 0 amide bonds. The third-order valence-electron chi connectivity index (χ3n) is 3.28. The van der Waals surface area contributed by atoms with E-state index in [4.69, 9.17) is 0 Å². The molecule has 100 valence electrons. The maximum atomic E-state index is 11.3. The van der Waals surface area contributed by atoms with Gasteiger partial charge in [-0.2, -0.15) is 0 Å². The number of hydrogen-bond donors (Lipinski definition) is 1. The van der Waals surface area contributed by atoms with Crippen molar-refractivity contribution in [3.05, 3.63) is 48.2 Å². The van der Waals surface area contributed by atoms with Crippen molar-refractivity contribution in [1.29, 1.82) is 0 Å². The average molecular weight is 267 g/mol. The molecule has 1 heterocycles. The third-order valence-corrected chi connectivity index (χ3v) is 3.28. The summed E-state index contributed by atoms with van der Waals surface area (Å²) in [6.45, 7) is 2.48. The summed E-state index contributed by atoms with van der Waals surface area (Å²) in [5.41, 5.74) is 1.38. The number of aromatic carboxylic acids is 1. The number of carboxylic acid groups (broad SMARTS) is 1. The molecule has 0 aliphatic carbocycles. The van der Waals surface area contributed by atoms with Crippen molar-refractivity contribution < 1.29 is 9.90 Å². The Morgan fingerprint density at radius 1 is 1.20 bits per heavy atom. The highest BCUT2D eigenvalue weighted by molar-refractivity contribution is 6.01. The molecule has 0 atom stereocenters. The lowest BCUT2D eigenvalue weighted by atomic mass is 10.0. The smallest absolute Gasteiger partial charge is 0.358 e. The highest BCUT2D eigenvalue weighted by Crippen LogP contribution is 2.30. The lowest BCUT2D eigenvalue weighted by Gasteiger charge is -2.08. The minimum atomic E-state index is -1.06. The van der Waals surface area contributed by atoms with E-state index in [9.17, 15) is 9.90 Å². The number of rotatable bonds is 3. The summed E-state index contributed by atoms with van der Waals surface area (Å²) in [6.07, 6.45) is 0. The SMILES string of the molecule is CCn1nnc(C(=O)O)c1-c1cccc2ccccc12. The highest BCUT2D eigenvalue weighted by Gasteiger charge is 2.21. The molecule has 3 rings (SSSR count). The van der Waals surface area contributed by atoms with Gasteiger partial charge in [0.15, 0.2) is 5.69 Å². The molecule has 1 N–H and O–H groups in total. The van der Waals surface area contributed by atoms with Crippen LogP contribution in [0.3, 0.4) is 0 Å². The van der Waals surface area contributed by atoms with Crippen LogP contribution in [0, 0.1) is 0 Å². The minimum absolute atomic E-state index is 0.0109. The van der Waals surface area contributed by atoms with Crippen LogP contribution in [-0.4, -0.2) is 26.1 Å². The maximum Gasteiger partial charge on any atom is 0.358 e. The molecule has 2 aromatic carbocycles. The van der Waals surface area contributed by atoms with Gasteiger partial charge in [0, 0.05) is 12.1 Å². The predicted molar refractivity (Wildman–Crippen MR) is 75.6 cm³/mol. The molecule has 5 heteroatoms. The van der Waals surface area contributed by atoms with Gasteiger partial charge < -0.3 is 5.11 Å². The fraction of sp³-hybridized carbons (Fsp3) is 0.133. The van der Waals surface area contributed by atoms with Gasteiger partial charge in [-0.05, 0) is 17.7 Å². The molecule has 0 aliphatic heterocycles. The van der Waals surface area contributed by atoms with Crippen molar-refractivity contribution in [3.63, 3.8) is 0 Å². The Bertz CT molecular complexity index is 787. The number of hydrogen-bond acceptors (Lipinski definition) is 3. The second-order valence-corrected chi connectivity index (χ2v) is 4.43. The first-order valence-electron chi connectivity index (χ1n) is 6.37. The first-order valence-corrected chi connectivity index (χ1v) is 6.37. The van der Waals surface area contributed by atoms with E-state index in [1.54, 1.807) is 4.68 Å². The van der Waals surface area contributed by atoms with Gasteiger partial charge >= 0.3 is 5.97 Å². The van der Waals surface area contributed by atoms with Gasteiger partial charge in [-0.1, -0.05) is 47.7 Å². The summed E-state index contributed by atoms with van der Waals surface area (Å²) in [7, 11) is 0. The van der Waals surface area contributed by atoms with E-state index in [1.807, 2.05) is 49.4 Å². The van der Waals surface area contributed by atoms with Crippen LogP contribution in [0.25, 0.3) is 22.0 Å². The molecule has 5 nitrogen and oxygen atoms in total. The lowest BCUT2D eigenvalue weighted by molar-refractivity contribution is 0.0691. The summed E-state index contributed by atoms with van der Waals surface area (Å²) in [6, 6.07) is 13.7. The van der Waals surface area contributed by atoms with E-state index >= 15 is 0 Å². The monoisotopic (exact) mass is 267 g/mol. The van der Waals surface area contributed by atoms with Crippen LogP contribution in [0.5, 0.6) is 0 Å². The summed E-state index contributed by atoms with van der Waals surface area (Å²) in [5, 5.41) is 19.1. The van der Waals surface area contributed by atoms with Crippen molar-refractivity contribution in [1.82, 2.24) is 15.0 Å². The quantitative estimate of drug-likeness (QED) is 0.792. The number of benzene rings is 2. The number of fused-ring (bicyclic) bond motifs is 1. The van der Waals surface area contributed by atoms with E-state index in [0.29, 0.717) is 12.2 Å². The largest absolute Gasteiger partial charge is 0.476 e. The zero-order valence-electron chi connectivity index (χ0n) is 10.9. The lowest BCUT2D eigenvalue weighted by Crippen LogP contribution is -2.03. The van der Waals surface area contributed by atoms with E-state index in [-0.39, 0.29) is 5.69 Å². The van der Waals surface area contributed by atoms with E-state index in [1.165, 1.54) is 0 Å². The first kappa shape index (κ1) is 12.3. The first-order chi connectivity index (χ1) is 9.72. The molecule has 0 bridgehead atoms. The van der Waals surface area contributed by atoms with Crippen LogP contribution in [0.1, 0.15) is 17.4 Å². The van der Waals surface area contributed by atoms with Gasteiger partial charge in [0.1, 0.15) is 5.69 Å². The van der Waals surface area contributed by atoms with Gasteiger partial charge in [-0.15, -0.1) is 5.10 Å². The molecular formula is C15H13N3O2. The molecule has 0 aliphatic rings. The van der Waals surface area contributed by atoms with Crippen LogP contribution < -0.4 is 0 Å². The highest BCUT2D eigenvalue weighted by atomic mass is 16.4. The molecular weight excluding hydrogens is 254 g/mol. The molecule has 0 fully saturated rings. The molecule has 0 radical (unpaired) electrons. The molecule has 3 aromatic rings. The summed E-state index contributed by atoms with van der Waals surface area (Å²) in [4.78, 5) is 11.3. The fourth-order valence-corrected chi connectivity index (χ4v) is 2.38. The Balaban J connectivity index is 2.36. The van der Waals surface area contributed by atoms with Crippen molar-refractivity contribution in [2.45, 2.75) is 13.5 Å². The van der Waals surface area contributed by atoms with Gasteiger partial charge in [0.25, 0.3) is 0 Å². The van der Waals surface area contributed by atoms with Crippen LogP contribution in [0.15, 0.2) is 42.5 Å². The van der Waals surface area contributed by atoms with Crippen molar-refractivity contribution in [2.24, 2.45) is 0 Å². The van der Waals surface area contributed by atoms with Crippen molar-refractivity contribution in [3.8, 4) is 11.3 Å². The van der Waals surface area contributed by atoms with Crippen LogP contribution in [0.4, 0.5) is 0 Å². The Kier molecular flexibility index (Phi) is 2.95. The number of aromatic nitrogens is 3. The Hall–Kier alpha value is -2.69. The topological polar surface area (TPSA) is 68.0 Å². The van der Waals surface area contributed by atoms with Crippen molar-refractivity contribution >= 4 is 16.7 Å². The Morgan fingerprint density at radius 3 is 2.70 bits per heavy atom. The molecule has 1 aromatic heterocycles. The van der Waals surface area contributed by atoms with Crippen LogP contribution >= 0.6 is 0 Å².